The fraction of sp³-hybridized carbons (Fsp3) is 0.158. The number of fused-ring (bicyclic) bond motifs is 1. The Bertz CT molecular complexity index is 912. The van der Waals surface area contributed by atoms with Crippen LogP contribution in [-0.2, 0) is 11.2 Å². The average Bonchev–Trinajstić information content (AvgIpc) is 2.58. The predicted octanol–water partition coefficient (Wildman–Crippen LogP) is 3.47. The van der Waals surface area contributed by atoms with Gasteiger partial charge >= 0.3 is 0 Å². The number of hydrogen-bond donors (Lipinski definition) is 2. The van der Waals surface area contributed by atoms with Crippen LogP contribution in [0, 0.1) is 0 Å². The van der Waals surface area contributed by atoms with Crippen molar-refractivity contribution in [1.82, 2.24) is 4.98 Å². The molecule has 4 heteroatoms. The molecule has 0 atom stereocenters. The zero-order chi connectivity index (χ0) is 16.2. The summed E-state index contributed by atoms with van der Waals surface area (Å²) in [5.41, 5.74) is 2.85. The molecule has 0 radical (unpaired) electrons. The van der Waals surface area contributed by atoms with Crippen LogP contribution in [0.2, 0.25) is 0 Å². The second kappa shape index (κ2) is 6.48. The summed E-state index contributed by atoms with van der Waals surface area (Å²) in [6.45, 7) is 1.83. The van der Waals surface area contributed by atoms with Crippen molar-refractivity contribution in [3.8, 4) is 0 Å². The number of aromatic nitrogens is 1. The zero-order valence-corrected chi connectivity index (χ0v) is 12.9. The summed E-state index contributed by atoms with van der Waals surface area (Å²) in [7, 11) is 0. The molecule has 3 aromatic rings. The summed E-state index contributed by atoms with van der Waals surface area (Å²) < 4.78 is 0. The molecular formula is C19H18N2O2. The van der Waals surface area contributed by atoms with Crippen LogP contribution in [0.5, 0.6) is 0 Å². The Morgan fingerprint density at radius 3 is 2.65 bits per heavy atom. The lowest BCUT2D eigenvalue weighted by Crippen LogP contribution is -2.10. The molecule has 0 bridgehead atoms. The van der Waals surface area contributed by atoms with E-state index in [1.54, 1.807) is 6.20 Å². The smallest absolute Gasteiger partial charge is 0.255 e. The second-order valence-corrected chi connectivity index (χ2v) is 5.47. The van der Waals surface area contributed by atoms with Gasteiger partial charge in [0.25, 0.3) is 5.56 Å². The zero-order valence-electron chi connectivity index (χ0n) is 12.9. The Kier molecular flexibility index (Phi) is 4.24. The largest absolute Gasteiger partial charge is 0.328 e. The van der Waals surface area contributed by atoms with E-state index in [1.165, 1.54) is 0 Å². The Hall–Kier alpha value is -2.88. The van der Waals surface area contributed by atoms with Crippen LogP contribution in [-0.4, -0.2) is 10.9 Å². The van der Waals surface area contributed by atoms with Crippen molar-refractivity contribution in [1.29, 1.82) is 0 Å². The number of carbonyl (C=O) groups excluding carboxylic acids is 1. The van der Waals surface area contributed by atoms with Crippen LogP contribution >= 0.6 is 0 Å². The fourth-order valence-corrected chi connectivity index (χ4v) is 2.64. The van der Waals surface area contributed by atoms with Gasteiger partial charge in [-0.3, -0.25) is 9.59 Å². The summed E-state index contributed by atoms with van der Waals surface area (Å²) in [4.78, 5) is 26.2. The van der Waals surface area contributed by atoms with Crippen LogP contribution < -0.4 is 10.9 Å². The van der Waals surface area contributed by atoms with Crippen molar-refractivity contribution in [3.63, 3.8) is 0 Å². The first-order valence-electron chi connectivity index (χ1n) is 7.65. The Morgan fingerprint density at radius 2 is 1.87 bits per heavy atom. The molecule has 0 saturated heterocycles. The predicted molar refractivity (Wildman–Crippen MR) is 92.7 cm³/mol. The number of carbonyl (C=O) groups is 1. The van der Waals surface area contributed by atoms with Gasteiger partial charge in [-0.15, -0.1) is 0 Å². The number of pyridine rings is 1. The van der Waals surface area contributed by atoms with Crippen LogP contribution in [0.3, 0.4) is 0 Å². The highest BCUT2D eigenvalue weighted by atomic mass is 16.1. The standard InChI is InChI=1S/C19H18N2O2/c1-2-18(22)21-15-7-5-6-13(11-15)10-14-12-20-19(23)17-9-4-3-8-16(14)17/h3-9,11-12H,2,10H2,1H3,(H,20,23)(H,21,22). The molecule has 1 amide bonds. The lowest BCUT2D eigenvalue weighted by atomic mass is 10.0. The van der Waals surface area contributed by atoms with Crippen molar-refractivity contribution in [2.45, 2.75) is 19.8 Å². The average molecular weight is 306 g/mol. The van der Waals surface area contributed by atoms with E-state index < -0.39 is 0 Å². The van der Waals surface area contributed by atoms with Crippen molar-refractivity contribution in [2.24, 2.45) is 0 Å². The fourth-order valence-electron chi connectivity index (χ4n) is 2.64. The highest BCUT2D eigenvalue weighted by Crippen LogP contribution is 2.20. The van der Waals surface area contributed by atoms with Gasteiger partial charge in [-0.05, 0) is 41.1 Å². The quantitative estimate of drug-likeness (QED) is 0.775. The minimum absolute atomic E-state index is 0.00311. The molecule has 23 heavy (non-hydrogen) atoms. The Balaban J connectivity index is 1.94. The van der Waals surface area contributed by atoms with Crippen molar-refractivity contribution in [2.75, 3.05) is 5.32 Å². The first kappa shape index (κ1) is 15.0. The van der Waals surface area contributed by atoms with Crippen LogP contribution in [0.25, 0.3) is 10.8 Å². The summed E-state index contributed by atoms with van der Waals surface area (Å²) >= 11 is 0. The number of anilines is 1. The maximum atomic E-state index is 11.9. The minimum atomic E-state index is -0.0756. The molecule has 0 aliphatic rings. The number of rotatable bonds is 4. The minimum Gasteiger partial charge on any atom is -0.328 e. The number of nitrogens with one attached hydrogen (secondary N) is 2. The molecule has 0 fully saturated rings. The third-order valence-electron chi connectivity index (χ3n) is 3.82. The van der Waals surface area contributed by atoms with Gasteiger partial charge in [0.2, 0.25) is 5.91 Å². The van der Waals surface area contributed by atoms with Crippen LogP contribution in [0.15, 0.2) is 59.5 Å². The van der Waals surface area contributed by atoms with Crippen LogP contribution in [0.1, 0.15) is 24.5 Å². The molecule has 0 spiro atoms. The second-order valence-electron chi connectivity index (χ2n) is 5.47. The molecule has 0 aliphatic carbocycles. The maximum absolute atomic E-state index is 11.9. The van der Waals surface area contributed by atoms with E-state index in [2.05, 4.69) is 10.3 Å². The Morgan fingerprint density at radius 1 is 1.09 bits per heavy atom. The van der Waals surface area contributed by atoms with E-state index >= 15 is 0 Å². The third kappa shape index (κ3) is 3.31. The molecule has 1 heterocycles. The lowest BCUT2D eigenvalue weighted by molar-refractivity contribution is -0.115. The van der Waals surface area contributed by atoms with Gasteiger partial charge in [0.15, 0.2) is 0 Å². The number of amides is 1. The number of benzene rings is 2. The van der Waals surface area contributed by atoms with E-state index in [0.717, 1.165) is 22.2 Å². The first-order chi connectivity index (χ1) is 11.2. The first-order valence-corrected chi connectivity index (χ1v) is 7.65. The van der Waals surface area contributed by atoms with Crippen molar-refractivity contribution in [3.05, 3.63) is 76.2 Å². The molecular weight excluding hydrogens is 288 g/mol. The molecule has 2 aromatic carbocycles. The van der Waals surface area contributed by atoms with Gasteiger partial charge in [0.1, 0.15) is 0 Å². The van der Waals surface area contributed by atoms with E-state index in [0.29, 0.717) is 18.2 Å². The van der Waals surface area contributed by atoms with Gasteiger partial charge < -0.3 is 10.3 Å². The number of hydrogen-bond acceptors (Lipinski definition) is 2. The molecule has 0 aliphatic heterocycles. The van der Waals surface area contributed by atoms with E-state index in [9.17, 15) is 9.59 Å². The topological polar surface area (TPSA) is 62.0 Å². The normalized spacial score (nSPS) is 10.7. The van der Waals surface area contributed by atoms with E-state index in [4.69, 9.17) is 0 Å². The SMILES string of the molecule is CCC(=O)Nc1cccc(Cc2c[nH]c(=O)c3ccccc23)c1. The summed E-state index contributed by atoms with van der Waals surface area (Å²) in [5.74, 6) is -0.00311. The van der Waals surface area contributed by atoms with E-state index in [-0.39, 0.29) is 11.5 Å². The van der Waals surface area contributed by atoms with E-state index in [1.807, 2.05) is 55.5 Å². The molecule has 0 saturated carbocycles. The van der Waals surface area contributed by atoms with Gasteiger partial charge in [0.05, 0.1) is 0 Å². The van der Waals surface area contributed by atoms with Crippen molar-refractivity contribution < 1.29 is 4.79 Å². The molecule has 116 valence electrons. The van der Waals surface area contributed by atoms with Gasteiger partial charge in [-0.2, -0.15) is 0 Å². The molecule has 3 rings (SSSR count). The maximum Gasteiger partial charge on any atom is 0.255 e. The van der Waals surface area contributed by atoms with Gasteiger partial charge in [-0.1, -0.05) is 37.3 Å². The number of H-pyrrole nitrogens is 1. The highest BCUT2D eigenvalue weighted by Gasteiger charge is 2.06. The molecule has 4 nitrogen and oxygen atoms in total. The Labute approximate surface area is 134 Å². The van der Waals surface area contributed by atoms with Gasteiger partial charge in [0, 0.05) is 23.7 Å². The molecule has 0 unspecified atom stereocenters. The molecule has 1 aromatic heterocycles. The van der Waals surface area contributed by atoms with Crippen LogP contribution in [0.4, 0.5) is 5.69 Å². The summed E-state index contributed by atoms with van der Waals surface area (Å²) in [5, 5.41) is 4.52. The third-order valence-corrected chi connectivity index (χ3v) is 3.82. The summed E-state index contributed by atoms with van der Waals surface area (Å²) in [6.07, 6.45) is 2.91. The van der Waals surface area contributed by atoms with Gasteiger partial charge in [-0.25, -0.2) is 0 Å². The lowest BCUT2D eigenvalue weighted by Gasteiger charge is -2.09. The molecule has 2 N–H and O–H groups in total. The highest BCUT2D eigenvalue weighted by molar-refractivity contribution is 5.90. The number of aromatic amines is 1. The summed E-state index contributed by atoms with van der Waals surface area (Å²) in [6, 6.07) is 15.4. The monoisotopic (exact) mass is 306 g/mol. The van der Waals surface area contributed by atoms with Crippen molar-refractivity contribution >= 4 is 22.4 Å².